The van der Waals surface area contributed by atoms with Crippen LogP contribution in [0.1, 0.15) is 47.2 Å². The van der Waals surface area contributed by atoms with Crippen LogP contribution < -0.4 is 15.4 Å². The molecule has 28 heavy (non-hydrogen) atoms. The minimum Gasteiger partial charge on any atom is -0.484 e. The average molecular weight is 403 g/mol. The summed E-state index contributed by atoms with van der Waals surface area (Å²) in [5.74, 6) is -0.419. The normalized spacial score (nSPS) is 24.7. The Morgan fingerprint density at radius 3 is 2.61 bits per heavy atom. The van der Waals surface area contributed by atoms with E-state index in [0.717, 1.165) is 12.1 Å². The monoisotopic (exact) mass is 403 g/mol. The van der Waals surface area contributed by atoms with Crippen molar-refractivity contribution >= 4 is 23.2 Å². The van der Waals surface area contributed by atoms with Crippen molar-refractivity contribution in [1.82, 2.24) is 15.6 Å². The molecule has 3 saturated carbocycles. The van der Waals surface area contributed by atoms with Gasteiger partial charge in [-0.2, -0.15) is 0 Å². The summed E-state index contributed by atoms with van der Waals surface area (Å²) in [4.78, 5) is 28.8. The van der Waals surface area contributed by atoms with Crippen LogP contribution in [0.3, 0.4) is 0 Å². The highest BCUT2D eigenvalue weighted by Gasteiger charge is 2.69. The number of thiazole rings is 1. The van der Waals surface area contributed by atoms with Gasteiger partial charge in [0.2, 0.25) is 0 Å². The van der Waals surface area contributed by atoms with Crippen LogP contribution in [0, 0.1) is 12.7 Å². The Bertz CT molecular complexity index is 923. The maximum Gasteiger partial charge on any atom is 0.280 e. The van der Waals surface area contributed by atoms with E-state index in [1.54, 1.807) is 19.1 Å². The van der Waals surface area contributed by atoms with Crippen LogP contribution in [0.2, 0.25) is 0 Å². The third-order valence-corrected chi connectivity index (χ3v) is 6.32. The van der Waals surface area contributed by atoms with Crippen LogP contribution in [-0.2, 0) is 11.2 Å². The number of nitrogens with zero attached hydrogens (tertiary/aromatic N) is 1. The number of hydrogen-bond acceptors (Lipinski definition) is 5. The first-order valence-corrected chi connectivity index (χ1v) is 10.2. The van der Waals surface area contributed by atoms with E-state index in [1.807, 2.05) is 12.3 Å². The lowest BCUT2D eigenvalue weighted by Crippen LogP contribution is -2.84. The van der Waals surface area contributed by atoms with Gasteiger partial charge in [0.05, 0.1) is 5.69 Å². The fourth-order valence-corrected chi connectivity index (χ4v) is 4.86. The maximum atomic E-state index is 13.5. The van der Waals surface area contributed by atoms with Crippen LogP contribution in [0.4, 0.5) is 4.39 Å². The van der Waals surface area contributed by atoms with Gasteiger partial charge in [-0.3, -0.25) is 9.59 Å². The van der Waals surface area contributed by atoms with E-state index in [0.29, 0.717) is 35.6 Å². The minimum atomic E-state index is -0.360. The quantitative estimate of drug-likeness (QED) is 0.745. The van der Waals surface area contributed by atoms with Crippen LogP contribution in [0.5, 0.6) is 5.75 Å². The van der Waals surface area contributed by atoms with Gasteiger partial charge in [-0.25, -0.2) is 9.37 Å². The molecule has 0 radical (unpaired) electrons. The number of benzene rings is 1. The molecule has 2 bridgehead atoms. The van der Waals surface area contributed by atoms with Crippen LogP contribution in [0.25, 0.3) is 0 Å². The summed E-state index contributed by atoms with van der Waals surface area (Å²) in [7, 11) is 0. The number of hydrogen-bond donors (Lipinski definition) is 2. The van der Waals surface area contributed by atoms with Crippen molar-refractivity contribution in [2.75, 3.05) is 6.61 Å². The Morgan fingerprint density at radius 1 is 1.25 bits per heavy atom. The zero-order chi connectivity index (χ0) is 19.9. The highest BCUT2D eigenvalue weighted by atomic mass is 32.1. The molecule has 2 amide bonds. The molecule has 2 aromatic rings. The van der Waals surface area contributed by atoms with Crippen molar-refractivity contribution in [3.63, 3.8) is 0 Å². The first kappa shape index (κ1) is 18.9. The molecule has 3 aliphatic rings. The fourth-order valence-electron chi connectivity index (χ4n) is 4.07. The molecule has 148 valence electrons. The summed E-state index contributed by atoms with van der Waals surface area (Å²) in [6, 6.07) is 4.53. The highest BCUT2D eigenvalue weighted by molar-refractivity contribution is 7.11. The zero-order valence-electron chi connectivity index (χ0n) is 15.8. The second-order valence-corrected chi connectivity index (χ2v) is 8.65. The van der Waals surface area contributed by atoms with Crippen LogP contribution >= 0.6 is 11.3 Å². The molecule has 3 fully saturated rings. The number of carbonyl (C=O) groups is 2. The number of amides is 2. The highest BCUT2D eigenvalue weighted by Crippen LogP contribution is 2.60. The standard InChI is InChI=1S/C20H22FN3O3S/c1-3-13-8-28-18(22-13)17(26)24-20-9-19(10-20,11-20)23-16(25)7-27-14-5-4-12(2)15(21)6-14/h4-6,8H,3,7,9-11H2,1-2H3,(H,23,25)(H,24,26). The van der Waals surface area contributed by atoms with E-state index < -0.39 is 0 Å². The summed E-state index contributed by atoms with van der Waals surface area (Å²) >= 11 is 1.35. The zero-order valence-corrected chi connectivity index (χ0v) is 16.6. The summed E-state index contributed by atoms with van der Waals surface area (Å²) < 4.78 is 18.9. The van der Waals surface area contributed by atoms with Crippen LogP contribution in [0.15, 0.2) is 23.6 Å². The molecule has 1 heterocycles. The van der Waals surface area contributed by atoms with E-state index in [4.69, 9.17) is 4.74 Å². The lowest BCUT2D eigenvalue weighted by Gasteiger charge is -2.70. The minimum absolute atomic E-state index is 0.144. The largest absolute Gasteiger partial charge is 0.484 e. The molecule has 0 spiro atoms. The van der Waals surface area contributed by atoms with Crippen molar-refractivity contribution < 1.29 is 18.7 Å². The smallest absolute Gasteiger partial charge is 0.280 e. The molecule has 0 saturated heterocycles. The molecule has 0 atom stereocenters. The molecule has 8 heteroatoms. The molecule has 3 aliphatic carbocycles. The summed E-state index contributed by atoms with van der Waals surface area (Å²) in [6.45, 7) is 3.51. The molecular weight excluding hydrogens is 381 g/mol. The number of carbonyl (C=O) groups excluding carboxylic acids is 2. The third-order valence-electron chi connectivity index (χ3n) is 5.44. The molecule has 6 nitrogen and oxygen atoms in total. The van der Waals surface area contributed by atoms with Gasteiger partial charge < -0.3 is 15.4 Å². The Kier molecular flexibility index (Phi) is 4.61. The number of aryl methyl sites for hydroxylation is 2. The summed E-state index contributed by atoms with van der Waals surface area (Å²) in [5.41, 5.74) is 0.958. The van der Waals surface area contributed by atoms with E-state index in [1.165, 1.54) is 17.4 Å². The van der Waals surface area contributed by atoms with Gasteiger partial charge in [-0.1, -0.05) is 13.0 Å². The average Bonchev–Trinajstić information content (AvgIpc) is 3.09. The van der Waals surface area contributed by atoms with Gasteiger partial charge in [0.25, 0.3) is 11.8 Å². The van der Waals surface area contributed by atoms with E-state index >= 15 is 0 Å². The molecule has 2 N–H and O–H groups in total. The lowest BCUT2D eigenvalue weighted by molar-refractivity contribution is -0.141. The Hall–Kier alpha value is -2.48. The SMILES string of the molecule is CCc1csc(C(=O)NC23CC(NC(=O)COc4ccc(C)c(F)c4)(C2)C3)n1. The van der Waals surface area contributed by atoms with E-state index in [9.17, 15) is 14.0 Å². The lowest BCUT2D eigenvalue weighted by atomic mass is 9.44. The van der Waals surface area contributed by atoms with Gasteiger partial charge in [0.1, 0.15) is 11.6 Å². The number of aromatic nitrogens is 1. The predicted octanol–water partition coefficient (Wildman–Crippen LogP) is 2.75. The molecule has 5 rings (SSSR count). The molecular formula is C20H22FN3O3S. The number of halogens is 1. The maximum absolute atomic E-state index is 13.5. The fraction of sp³-hybridized carbons (Fsp3) is 0.450. The van der Waals surface area contributed by atoms with Crippen molar-refractivity contribution in [2.45, 2.75) is 50.6 Å². The second-order valence-electron chi connectivity index (χ2n) is 7.79. The van der Waals surface area contributed by atoms with Crippen molar-refractivity contribution in [3.05, 3.63) is 45.7 Å². The van der Waals surface area contributed by atoms with E-state index in [-0.39, 0.29) is 35.3 Å². The number of rotatable bonds is 7. The first-order chi connectivity index (χ1) is 13.3. The van der Waals surface area contributed by atoms with Gasteiger partial charge in [-0.15, -0.1) is 11.3 Å². The van der Waals surface area contributed by atoms with Crippen molar-refractivity contribution in [2.24, 2.45) is 0 Å². The Balaban J connectivity index is 1.23. The third kappa shape index (κ3) is 3.48. The predicted molar refractivity (Wildman–Crippen MR) is 103 cm³/mol. The molecule has 1 aromatic carbocycles. The Morgan fingerprint density at radius 2 is 1.96 bits per heavy atom. The first-order valence-electron chi connectivity index (χ1n) is 9.29. The van der Waals surface area contributed by atoms with Gasteiger partial charge in [0, 0.05) is 22.5 Å². The second kappa shape index (κ2) is 6.84. The van der Waals surface area contributed by atoms with Crippen LogP contribution in [-0.4, -0.2) is 34.5 Å². The Labute approximate surface area is 166 Å². The summed E-state index contributed by atoms with van der Waals surface area (Å²) in [6.07, 6.45) is 2.94. The van der Waals surface area contributed by atoms with Crippen molar-refractivity contribution in [1.29, 1.82) is 0 Å². The topological polar surface area (TPSA) is 80.3 Å². The van der Waals surface area contributed by atoms with E-state index in [2.05, 4.69) is 15.6 Å². The molecule has 1 aromatic heterocycles. The number of ether oxygens (including phenoxy) is 1. The summed E-state index contributed by atoms with van der Waals surface area (Å²) in [5, 5.41) is 8.43. The van der Waals surface area contributed by atoms with Crippen molar-refractivity contribution in [3.8, 4) is 5.75 Å². The molecule has 0 unspecified atom stereocenters. The number of nitrogens with one attached hydrogen (secondary N) is 2. The van der Waals surface area contributed by atoms with Gasteiger partial charge >= 0.3 is 0 Å². The molecule has 0 aliphatic heterocycles. The van der Waals surface area contributed by atoms with Gasteiger partial charge in [0.15, 0.2) is 11.6 Å². The van der Waals surface area contributed by atoms with Gasteiger partial charge in [-0.05, 0) is 44.2 Å².